The molecule has 2 heterocycles. The molecular weight excluding hydrogens is 274 g/mol. The zero-order valence-electron chi connectivity index (χ0n) is 12.8. The highest BCUT2D eigenvalue weighted by atomic mass is 32.1. The standard InChI is InChI=1S/C14H25N3O2S/c1-5-9(2)13-12(6-15)20-14(16-13)17-7-10(18-3)11(8-17)19-4/h9-11H,5-8,15H2,1-4H3. The topological polar surface area (TPSA) is 60.6 Å². The first-order chi connectivity index (χ1) is 9.64. The minimum atomic E-state index is 0.109. The third-order valence-electron chi connectivity index (χ3n) is 4.07. The van der Waals surface area contributed by atoms with Crippen LogP contribution >= 0.6 is 11.3 Å². The highest BCUT2D eigenvalue weighted by Gasteiger charge is 2.34. The lowest BCUT2D eigenvalue weighted by atomic mass is 10.0. The molecule has 0 aromatic carbocycles. The number of anilines is 1. The van der Waals surface area contributed by atoms with Crippen LogP contribution in [0.3, 0.4) is 0 Å². The normalized spacial score (nSPS) is 24.4. The predicted molar refractivity (Wildman–Crippen MR) is 82.5 cm³/mol. The summed E-state index contributed by atoms with van der Waals surface area (Å²) in [5.41, 5.74) is 7.02. The molecule has 1 aliphatic rings. The van der Waals surface area contributed by atoms with Crippen LogP contribution in [0.2, 0.25) is 0 Å². The van der Waals surface area contributed by atoms with Gasteiger partial charge in [0.25, 0.3) is 0 Å². The molecule has 0 spiro atoms. The van der Waals surface area contributed by atoms with Gasteiger partial charge in [0.15, 0.2) is 5.13 Å². The molecule has 1 saturated heterocycles. The first-order valence-corrected chi connectivity index (χ1v) is 7.96. The van der Waals surface area contributed by atoms with E-state index in [0.717, 1.165) is 30.3 Å². The van der Waals surface area contributed by atoms with E-state index in [4.69, 9.17) is 20.2 Å². The molecule has 1 aromatic heterocycles. The van der Waals surface area contributed by atoms with Gasteiger partial charge in [0.1, 0.15) is 12.2 Å². The molecule has 1 aliphatic heterocycles. The second kappa shape index (κ2) is 6.85. The van der Waals surface area contributed by atoms with Crippen LogP contribution in [-0.4, -0.2) is 44.5 Å². The minimum Gasteiger partial charge on any atom is -0.377 e. The number of thiazole rings is 1. The van der Waals surface area contributed by atoms with Gasteiger partial charge in [-0.25, -0.2) is 4.98 Å². The molecule has 1 fully saturated rings. The van der Waals surface area contributed by atoms with Gasteiger partial charge in [0.05, 0.1) is 5.69 Å². The van der Waals surface area contributed by atoms with Crippen LogP contribution < -0.4 is 10.6 Å². The Labute approximate surface area is 125 Å². The number of aromatic nitrogens is 1. The Morgan fingerprint density at radius 2 is 1.95 bits per heavy atom. The van der Waals surface area contributed by atoms with Crippen LogP contribution in [0.4, 0.5) is 5.13 Å². The molecule has 2 rings (SSSR count). The quantitative estimate of drug-likeness (QED) is 0.870. The van der Waals surface area contributed by atoms with E-state index in [2.05, 4.69) is 18.7 Å². The van der Waals surface area contributed by atoms with E-state index in [0.29, 0.717) is 12.5 Å². The highest BCUT2D eigenvalue weighted by Crippen LogP contribution is 2.34. The van der Waals surface area contributed by atoms with Gasteiger partial charge in [-0.05, 0) is 12.3 Å². The largest absolute Gasteiger partial charge is 0.377 e. The Kier molecular flexibility index (Phi) is 5.37. The van der Waals surface area contributed by atoms with Crippen molar-refractivity contribution in [2.24, 2.45) is 5.73 Å². The van der Waals surface area contributed by atoms with Gasteiger partial charge in [0.2, 0.25) is 0 Å². The molecule has 0 aliphatic carbocycles. The summed E-state index contributed by atoms with van der Waals surface area (Å²) < 4.78 is 11.0. The number of rotatable bonds is 6. The summed E-state index contributed by atoms with van der Waals surface area (Å²) in [5, 5.41) is 1.04. The van der Waals surface area contributed by atoms with Crippen molar-refractivity contribution in [3.63, 3.8) is 0 Å². The fourth-order valence-corrected chi connectivity index (χ4v) is 3.64. The Hall–Kier alpha value is -0.690. The minimum absolute atomic E-state index is 0.109. The second-order valence-electron chi connectivity index (χ2n) is 5.27. The molecule has 114 valence electrons. The number of hydrogen-bond donors (Lipinski definition) is 1. The van der Waals surface area contributed by atoms with Crippen molar-refractivity contribution in [3.05, 3.63) is 10.6 Å². The lowest BCUT2D eigenvalue weighted by Crippen LogP contribution is -2.27. The van der Waals surface area contributed by atoms with E-state index >= 15 is 0 Å². The van der Waals surface area contributed by atoms with Crippen molar-refractivity contribution < 1.29 is 9.47 Å². The fraction of sp³-hybridized carbons (Fsp3) is 0.786. The van der Waals surface area contributed by atoms with Crippen molar-refractivity contribution in [2.45, 2.75) is 44.9 Å². The Bertz CT molecular complexity index is 426. The van der Waals surface area contributed by atoms with E-state index in [1.807, 2.05) is 0 Å². The van der Waals surface area contributed by atoms with Crippen LogP contribution in [0.15, 0.2) is 0 Å². The third kappa shape index (κ3) is 2.98. The van der Waals surface area contributed by atoms with Crippen LogP contribution in [-0.2, 0) is 16.0 Å². The van der Waals surface area contributed by atoms with Crippen LogP contribution in [0.1, 0.15) is 36.8 Å². The van der Waals surface area contributed by atoms with E-state index < -0.39 is 0 Å². The summed E-state index contributed by atoms with van der Waals surface area (Å²) in [6.45, 7) is 6.60. The maximum atomic E-state index is 5.86. The van der Waals surface area contributed by atoms with E-state index in [-0.39, 0.29) is 12.2 Å². The third-order valence-corrected chi connectivity index (χ3v) is 5.23. The summed E-state index contributed by atoms with van der Waals surface area (Å²) in [4.78, 5) is 8.27. The van der Waals surface area contributed by atoms with Gasteiger partial charge >= 0.3 is 0 Å². The monoisotopic (exact) mass is 299 g/mol. The molecule has 5 nitrogen and oxygen atoms in total. The average Bonchev–Trinajstić information content (AvgIpc) is 3.09. The van der Waals surface area contributed by atoms with Gasteiger partial charge in [0, 0.05) is 38.7 Å². The number of nitrogens with two attached hydrogens (primary N) is 1. The summed E-state index contributed by atoms with van der Waals surface area (Å²) in [6.07, 6.45) is 1.30. The van der Waals surface area contributed by atoms with Crippen LogP contribution in [0, 0.1) is 0 Å². The van der Waals surface area contributed by atoms with Crippen LogP contribution in [0.5, 0.6) is 0 Å². The predicted octanol–water partition coefficient (Wildman–Crippen LogP) is 1.97. The number of ether oxygens (including phenoxy) is 2. The Morgan fingerprint density at radius 1 is 1.35 bits per heavy atom. The zero-order valence-corrected chi connectivity index (χ0v) is 13.6. The van der Waals surface area contributed by atoms with Crippen LogP contribution in [0.25, 0.3) is 0 Å². The SMILES string of the molecule is CCC(C)c1nc(N2CC(OC)C(OC)C2)sc1CN. The van der Waals surface area contributed by atoms with Crippen molar-refractivity contribution in [1.82, 2.24) is 4.98 Å². The van der Waals surface area contributed by atoms with Gasteiger partial charge in [-0.3, -0.25) is 0 Å². The number of nitrogens with zero attached hydrogens (tertiary/aromatic N) is 2. The first-order valence-electron chi connectivity index (χ1n) is 7.14. The molecular formula is C14H25N3O2S. The molecule has 3 unspecified atom stereocenters. The smallest absolute Gasteiger partial charge is 0.186 e. The van der Waals surface area contributed by atoms with Gasteiger partial charge < -0.3 is 20.1 Å². The summed E-state index contributed by atoms with van der Waals surface area (Å²) in [6, 6.07) is 0. The molecule has 0 radical (unpaired) electrons. The van der Waals surface area contributed by atoms with Gasteiger partial charge in [-0.15, -0.1) is 11.3 Å². The van der Waals surface area contributed by atoms with E-state index in [1.54, 1.807) is 25.6 Å². The molecule has 2 N–H and O–H groups in total. The molecule has 0 bridgehead atoms. The molecule has 1 aromatic rings. The summed E-state index contributed by atoms with van der Waals surface area (Å²) in [7, 11) is 3.47. The second-order valence-corrected chi connectivity index (χ2v) is 6.33. The summed E-state index contributed by atoms with van der Waals surface area (Å²) in [5.74, 6) is 0.456. The zero-order chi connectivity index (χ0) is 14.7. The van der Waals surface area contributed by atoms with Gasteiger partial charge in [-0.2, -0.15) is 0 Å². The molecule has 0 saturated carbocycles. The Balaban J connectivity index is 2.19. The first kappa shape index (κ1) is 15.7. The lowest BCUT2D eigenvalue weighted by Gasteiger charge is -2.13. The van der Waals surface area contributed by atoms with E-state index in [9.17, 15) is 0 Å². The van der Waals surface area contributed by atoms with E-state index in [1.165, 1.54) is 4.88 Å². The fourth-order valence-electron chi connectivity index (χ4n) is 2.56. The summed E-state index contributed by atoms with van der Waals surface area (Å²) >= 11 is 1.70. The molecule has 3 atom stereocenters. The number of hydrogen-bond acceptors (Lipinski definition) is 6. The molecule has 6 heteroatoms. The highest BCUT2D eigenvalue weighted by molar-refractivity contribution is 7.15. The Morgan fingerprint density at radius 3 is 2.40 bits per heavy atom. The van der Waals surface area contributed by atoms with Crippen molar-refractivity contribution in [2.75, 3.05) is 32.2 Å². The van der Waals surface area contributed by atoms with Gasteiger partial charge in [-0.1, -0.05) is 13.8 Å². The van der Waals surface area contributed by atoms with Crippen molar-refractivity contribution in [3.8, 4) is 0 Å². The van der Waals surface area contributed by atoms with Crippen molar-refractivity contribution in [1.29, 1.82) is 0 Å². The molecule has 0 amide bonds. The maximum absolute atomic E-state index is 5.86. The van der Waals surface area contributed by atoms with Crippen molar-refractivity contribution >= 4 is 16.5 Å². The average molecular weight is 299 g/mol. The number of methoxy groups -OCH3 is 2. The molecule has 20 heavy (non-hydrogen) atoms. The maximum Gasteiger partial charge on any atom is 0.186 e. The lowest BCUT2D eigenvalue weighted by molar-refractivity contribution is -0.00461.